The number of rotatable bonds is 5. The molecule has 0 saturated heterocycles. The minimum atomic E-state index is 0.0284. The zero-order chi connectivity index (χ0) is 14.7. The predicted octanol–water partition coefficient (Wildman–Crippen LogP) is 2.01. The molecule has 1 saturated carbocycles. The fraction of sp³-hybridized carbons (Fsp3) is 0.438. The quantitative estimate of drug-likeness (QED) is 0.912. The lowest BCUT2D eigenvalue weighted by atomic mass is 9.90. The summed E-state index contributed by atoms with van der Waals surface area (Å²) >= 11 is 0. The molecule has 0 spiro atoms. The van der Waals surface area contributed by atoms with Crippen molar-refractivity contribution in [2.45, 2.75) is 31.7 Å². The van der Waals surface area contributed by atoms with Crippen molar-refractivity contribution in [2.75, 3.05) is 13.2 Å². The van der Waals surface area contributed by atoms with E-state index in [1.165, 1.54) is 6.42 Å². The van der Waals surface area contributed by atoms with Crippen LogP contribution in [0.25, 0.3) is 11.0 Å². The third-order valence-electron chi connectivity index (χ3n) is 4.05. The average Bonchev–Trinajstić information content (AvgIpc) is 2.48. The Morgan fingerprint density at radius 3 is 2.67 bits per heavy atom. The van der Waals surface area contributed by atoms with Crippen LogP contribution in [-0.4, -0.2) is 45.1 Å². The zero-order valence-electron chi connectivity index (χ0n) is 11.9. The van der Waals surface area contributed by atoms with Gasteiger partial charge in [-0.25, -0.2) is 0 Å². The van der Waals surface area contributed by atoms with Gasteiger partial charge in [-0.1, -0.05) is 0 Å². The summed E-state index contributed by atoms with van der Waals surface area (Å²) in [6.45, 7) is 0.720. The van der Waals surface area contributed by atoms with Crippen molar-refractivity contribution in [2.24, 2.45) is 0 Å². The van der Waals surface area contributed by atoms with Crippen LogP contribution in [0, 0.1) is 0 Å². The van der Waals surface area contributed by atoms with E-state index >= 15 is 0 Å². The monoisotopic (exact) mass is 285 g/mol. The van der Waals surface area contributed by atoms with E-state index in [1.807, 2.05) is 17.0 Å². The van der Waals surface area contributed by atoms with Crippen LogP contribution in [0.5, 0.6) is 0 Å². The van der Waals surface area contributed by atoms with Gasteiger partial charge in [0.05, 0.1) is 11.0 Å². The third-order valence-corrected chi connectivity index (χ3v) is 4.05. The number of aliphatic hydroxyl groups excluding tert-OH is 1. The molecule has 5 heteroatoms. The molecule has 1 aliphatic carbocycles. The van der Waals surface area contributed by atoms with Crippen molar-refractivity contribution in [3.05, 3.63) is 36.2 Å². The molecule has 0 radical (unpaired) electrons. The number of benzene rings is 1. The summed E-state index contributed by atoms with van der Waals surface area (Å²) in [4.78, 5) is 23.1. The van der Waals surface area contributed by atoms with Gasteiger partial charge in [0.25, 0.3) is 5.91 Å². The Bertz CT molecular complexity index is 640. The van der Waals surface area contributed by atoms with Gasteiger partial charge in [-0.05, 0) is 43.9 Å². The Kier molecular flexibility index (Phi) is 4.10. The third kappa shape index (κ3) is 2.88. The summed E-state index contributed by atoms with van der Waals surface area (Å²) in [5, 5.41) is 9.03. The summed E-state index contributed by atoms with van der Waals surface area (Å²) in [6, 6.07) is 5.77. The largest absolute Gasteiger partial charge is 0.396 e. The topological polar surface area (TPSA) is 66.3 Å². The van der Waals surface area contributed by atoms with E-state index < -0.39 is 0 Å². The van der Waals surface area contributed by atoms with Crippen LogP contribution in [0.2, 0.25) is 0 Å². The van der Waals surface area contributed by atoms with Crippen LogP contribution < -0.4 is 0 Å². The van der Waals surface area contributed by atoms with Gasteiger partial charge in [0, 0.05) is 37.2 Å². The van der Waals surface area contributed by atoms with E-state index in [0.29, 0.717) is 24.6 Å². The molecule has 0 atom stereocenters. The van der Waals surface area contributed by atoms with Crippen molar-refractivity contribution >= 4 is 16.9 Å². The maximum atomic E-state index is 12.7. The lowest BCUT2D eigenvalue weighted by molar-refractivity contribution is 0.0562. The van der Waals surface area contributed by atoms with Crippen LogP contribution in [0.4, 0.5) is 0 Å². The molecule has 0 aliphatic heterocycles. The Morgan fingerprint density at radius 2 is 2.00 bits per heavy atom. The summed E-state index contributed by atoms with van der Waals surface area (Å²) in [5.74, 6) is 0.0284. The second-order valence-electron chi connectivity index (χ2n) is 5.42. The van der Waals surface area contributed by atoms with Crippen molar-refractivity contribution in [1.29, 1.82) is 0 Å². The number of hydrogen-bond donors (Lipinski definition) is 1. The van der Waals surface area contributed by atoms with Crippen LogP contribution >= 0.6 is 0 Å². The van der Waals surface area contributed by atoms with Crippen LogP contribution in [0.15, 0.2) is 30.6 Å². The van der Waals surface area contributed by atoms with Gasteiger partial charge in [-0.3, -0.25) is 14.8 Å². The van der Waals surface area contributed by atoms with E-state index in [2.05, 4.69) is 9.97 Å². The number of carbonyl (C=O) groups is 1. The number of amides is 1. The fourth-order valence-electron chi connectivity index (χ4n) is 2.65. The van der Waals surface area contributed by atoms with Gasteiger partial charge in [0.15, 0.2) is 0 Å². The molecule has 0 bridgehead atoms. The molecular formula is C16H19N3O2. The average molecular weight is 285 g/mol. The summed E-state index contributed by atoms with van der Waals surface area (Å²) < 4.78 is 0. The molecule has 1 aromatic heterocycles. The van der Waals surface area contributed by atoms with E-state index in [0.717, 1.165) is 23.9 Å². The highest BCUT2D eigenvalue weighted by molar-refractivity contribution is 5.97. The van der Waals surface area contributed by atoms with Gasteiger partial charge in [0.1, 0.15) is 0 Å². The molecule has 1 aromatic carbocycles. The number of carbonyl (C=O) groups excluding carboxylic acids is 1. The van der Waals surface area contributed by atoms with Gasteiger partial charge in [0.2, 0.25) is 0 Å². The van der Waals surface area contributed by atoms with E-state index in [-0.39, 0.29) is 12.5 Å². The number of hydrogen-bond acceptors (Lipinski definition) is 4. The highest BCUT2D eigenvalue weighted by Crippen LogP contribution is 2.26. The first-order chi connectivity index (χ1) is 10.3. The first kappa shape index (κ1) is 13.9. The highest BCUT2D eigenvalue weighted by atomic mass is 16.3. The van der Waals surface area contributed by atoms with Crippen molar-refractivity contribution in [3.8, 4) is 0 Å². The molecule has 5 nitrogen and oxygen atoms in total. The molecule has 0 unspecified atom stereocenters. The van der Waals surface area contributed by atoms with Gasteiger partial charge >= 0.3 is 0 Å². The van der Waals surface area contributed by atoms with Gasteiger partial charge < -0.3 is 10.0 Å². The van der Waals surface area contributed by atoms with Gasteiger partial charge in [-0.2, -0.15) is 0 Å². The molecule has 1 fully saturated rings. The number of aromatic nitrogens is 2. The maximum absolute atomic E-state index is 12.7. The smallest absolute Gasteiger partial charge is 0.254 e. The van der Waals surface area contributed by atoms with E-state index in [9.17, 15) is 4.79 Å². The first-order valence-electron chi connectivity index (χ1n) is 7.42. The van der Waals surface area contributed by atoms with Crippen LogP contribution in [-0.2, 0) is 0 Å². The molecule has 1 N–H and O–H groups in total. The standard InChI is InChI=1S/C16H19N3O2/c20-10-2-9-19(13-3-1-4-13)16(21)12-5-6-14-15(11-12)18-8-7-17-14/h5-8,11,13,20H,1-4,9-10H2. The molecule has 1 heterocycles. The Morgan fingerprint density at radius 1 is 1.24 bits per heavy atom. The number of aliphatic hydroxyl groups is 1. The lowest BCUT2D eigenvalue weighted by Crippen LogP contribution is -2.45. The zero-order valence-corrected chi connectivity index (χ0v) is 11.9. The second kappa shape index (κ2) is 6.18. The van der Waals surface area contributed by atoms with E-state index in [1.54, 1.807) is 18.5 Å². The summed E-state index contributed by atoms with van der Waals surface area (Å²) in [5.41, 5.74) is 2.17. The minimum Gasteiger partial charge on any atom is -0.396 e. The van der Waals surface area contributed by atoms with Crippen molar-refractivity contribution in [3.63, 3.8) is 0 Å². The highest BCUT2D eigenvalue weighted by Gasteiger charge is 2.29. The Labute approximate surface area is 123 Å². The molecule has 110 valence electrons. The number of fused-ring (bicyclic) bond motifs is 1. The summed E-state index contributed by atoms with van der Waals surface area (Å²) in [6.07, 6.45) is 7.19. The minimum absolute atomic E-state index is 0.0284. The van der Waals surface area contributed by atoms with Crippen LogP contribution in [0.1, 0.15) is 36.0 Å². The molecule has 1 aliphatic rings. The predicted molar refractivity (Wildman–Crippen MR) is 79.9 cm³/mol. The Hall–Kier alpha value is -2.01. The van der Waals surface area contributed by atoms with Crippen molar-refractivity contribution < 1.29 is 9.90 Å². The first-order valence-corrected chi connectivity index (χ1v) is 7.42. The molecule has 21 heavy (non-hydrogen) atoms. The van der Waals surface area contributed by atoms with Crippen molar-refractivity contribution in [1.82, 2.24) is 14.9 Å². The van der Waals surface area contributed by atoms with E-state index in [4.69, 9.17) is 5.11 Å². The molecule has 3 rings (SSSR count). The molecule has 1 amide bonds. The van der Waals surface area contributed by atoms with Gasteiger partial charge in [-0.15, -0.1) is 0 Å². The fourth-order valence-corrected chi connectivity index (χ4v) is 2.65. The van der Waals surface area contributed by atoms with Crippen LogP contribution in [0.3, 0.4) is 0 Å². The Balaban J connectivity index is 1.85. The molecule has 2 aromatic rings. The SMILES string of the molecule is O=C(c1ccc2nccnc2c1)N(CCCO)C1CCC1. The molecular weight excluding hydrogens is 266 g/mol. The number of nitrogens with zero attached hydrogens (tertiary/aromatic N) is 3. The lowest BCUT2D eigenvalue weighted by Gasteiger charge is -2.37. The summed E-state index contributed by atoms with van der Waals surface area (Å²) in [7, 11) is 0. The second-order valence-corrected chi connectivity index (χ2v) is 5.42. The normalized spacial score (nSPS) is 14.9. The maximum Gasteiger partial charge on any atom is 0.254 e.